The van der Waals surface area contributed by atoms with E-state index in [9.17, 15) is 4.79 Å². The minimum Gasteiger partial charge on any atom is -0.298 e. The molecule has 2 heterocycles. The molecule has 0 aromatic carbocycles. The number of rotatable bonds is 2. The van der Waals surface area contributed by atoms with Crippen molar-refractivity contribution in [3.05, 3.63) is 32.0 Å². The Bertz CT molecular complexity index is 693. The SMILES string of the molecule is C[C@H]1CCc2c(C(=O)Nc3nc4c(s3)CCCC4)csc2C1. The van der Waals surface area contributed by atoms with Crippen molar-refractivity contribution in [1.82, 2.24) is 4.98 Å². The van der Waals surface area contributed by atoms with Gasteiger partial charge in [0.05, 0.1) is 11.3 Å². The maximum Gasteiger partial charge on any atom is 0.258 e. The fourth-order valence-corrected chi connectivity index (χ4v) is 5.73. The van der Waals surface area contributed by atoms with Crippen molar-refractivity contribution in [2.24, 2.45) is 5.92 Å². The number of amides is 1. The van der Waals surface area contributed by atoms with Crippen molar-refractivity contribution < 1.29 is 4.79 Å². The molecule has 2 aliphatic carbocycles. The van der Waals surface area contributed by atoms with Crippen LogP contribution in [-0.2, 0) is 25.7 Å². The third-order valence-corrected chi connectivity index (χ3v) is 6.84. The summed E-state index contributed by atoms with van der Waals surface area (Å²) in [6, 6.07) is 0. The fraction of sp³-hybridized carbons (Fsp3) is 0.529. The number of thiazole rings is 1. The number of fused-ring (bicyclic) bond motifs is 2. The molecule has 0 bridgehead atoms. The number of anilines is 1. The van der Waals surface area contributed by atoms with Crippen LogP contribution in [0, 0.1) is 5.92 Å². The molecule has 0 fully saturated rings. The second-order valence-corrected chi connectivity index (χ2v) is 8.50. The molecular formula is C17H20N2OS2. The zero-order chi connectivity index (χ0) is 15.1. The molecule has 0 unspecified atom stereocenters. The van der Waals surface area contributed by atoms with Crippen LogP contribution in [0.15, 0.2) is 5.38 Å². The molecule has 2 aromatic heterocycles. The molecule has 2 aromatic rings. The number of carbonyl (C=O) groups excluding carboxylic acids is 1. The lowest BCUT2D eigenvalue weighted by Crippen LogP contribution is -2.16. The Labute approximate surface area is 138 Å². The summed E-state index contributed by atoms with van der Waals surface area (Å²) in [6.07, 6.45) is 8.01. The predicted octanol–water partition coefficient (Wildman–Crippen LogP) is 4.46. The highest BCUT2D eigenvalue weighted by molar-refractivity contribution is 7.16. The van der Waals surface area contributed by atoms with E-state index in [-0.39, 0.29) is 5.91 Å². The topological polar surface area (TPSA) is 42.0 Å². The summed E-state index contributed by atoms with van der Waals surface area (Å²) in [5, 5.41) is 5.85. The molecule has 3 nitrogen and oxygen atoms in total. The zero-order valence-electron chi connectivity index (χ0n) is 12.8. The normalized spacial score (nSPS) is 20.3. The van der Waals surface area contributed by atoms with Crippen LogP contribution in [0.25, 0.3) is 0 Å². The number of thiophene rings is 1. The maximum absolute atomic E-state index is 12.6. The second-order valence-electron chi connectivity index (χ2n) is 6.45. The van der Waals surface area contributed by atoms with E-state index in [0.717, 1.165) is 42.3 Å². The smallest absolute Gasteiger partial charge is 0.258 e. The molecule has 5 heteroatoms. The van der Waals surface area contributed by atoms with Crippen LogP contribution in [0.1, 0.15) is 57.6 Å². The Morgan fingerprint density at radius 1 is 1.27 bits per heavy atom. The third kappa shape index (κ3) is 2.61. The highest BCUT2D eigenvalue weighted by atomic mass is 32.1. The number of nitrogens with one attached hydrogen (secondary N) is 1. The molecule has 1 atom stereocenters. The molecule has 0 radical (unpaired) electrons. The lowest BCUT2D eigenvalue weighted by Gasteiger charge is -2.18. The van der Waals surface area contributed by atoms with Gasteiger partial charge in [0.25, 0.3) is 5.91 Å². The van der Waals surface area contributed by atoms with Crippen LogP contribution in [-0.4, -0.2) is 10.9 Å². The third-order valence-electron chi connectivity index (χ3n) is 4.71. The maximum atomic E-state index is 12.6. The van der Waals surface area contributed by atoms with Gasteiger partial charge in [-0.2, -0.15) is 0 Å². The fourth-order valence-electron chi connectivity index (χ4n) is 3.44. The van der Waals surface area contributed by atoms with Crippen LogP contribution in [0.4, 0.5) is 5.13 Å². The standard InChI is InChI=1S/C17H20N2OS2/c1-10-6-7-11-12(9-21-15(11)8-10)16(20)19-17-18-13-4-2-3-5-14(13)22-17/h9-10H,2-8H2,1H3,(H,18,19,20)/t10-/m0/s1. The molecule has 2 aliphatic rings. The van der Waals surface area contributed by atoms with Gasteiger partial charge in [0.1, 0.15) is 0 Å². The van der Waals surface area contributed by atoms with Gasteiger partial charge in [0, 0.05) is 15.1 Å². The lowest BCUT2D eigenvalue weighted by molar-refractivity contribution is 0.102. The molecule has 1 amide bonds. The Balaban J connectivity index is 1.54. The van der Waals surface area contributed by atoms with Crippen molar-refractivity contribution in [3.8, 4) is 0 Å². The van der Waals surface area contributed by atoms with Crippen LogP contribution < -0.4 is 5.32 Å². The molecular weight excluding hydrogens is 312 g/mol. The van der Waals surface area contributed by atoms with Gasteiger partial charge in [-0.1, -0.05) is 6.92 Å². The minimum absolute atomic E-state index is 0.0261. The summed E-state index contributed by atoms with van der Waals surface area (Å²) in [5.74, 6) is 0.769. The van der Waals surface area contributed by atoms with Gasteiger partial charge in [-0.25, -0.2) is 4.98 Å². The molecule has 0 aliphatic heterocycles. The Morgan fingerprint density at radius 2 is 2.14 bits per heavy atom. The summed E-state index contributed by atoms with van der Waals surface area (Å²) in [5.41, 5.74) is 3.36. The molecule has 116 valence electrons. The van der Waals surface area contributed by atoms with E-state index in [0.29, 0.717) is 0 Å². The van der Waals surface area contributed by atoms with E-state index in [1.807, 2.05) is 5.38 Å². The van der Waals surface area contributed by atoms with Crippen molar-refractivity contribution in [2.75, 3.05) is 5.32 Å². The van der Waals surface area contributed by atoms with Gasteiger partial charge < -0.3 is 0 Å². The summed E-state index contributed by atoms with van der Waals surface area (Å²) < 4.78 is 0. The first kappa shape index (κ1) is 14.4. The van der Waals surface area contributed by atoms with Crippen molar-refractivity contribution >= 4 is 33.7 Å². The van der Waals surface area contributed by atoms with Crippen molar-refractivity contribution in [3.63, 3.8) is 0 Å². The predicted molar refractivity (Wildman–Crippen MR) is 92.2 cm³/mol. The van der Waals surface area contributed by atoms with E-state index < -0.39 is 0 Å². The Hall–Kier alpha value is -1.20. The van der Waals surface area contributed by atoms with E-state index in [1.54, 1.807) is 22.7 Å². The van der Waals surface area contributed by atoms with E-state index in [2.05, 4.69) is 17.2 Å². The van der Waals surface area contributed by atoms with Crippen LogP contribution in [0.5, 0.6) is 0 Å². The molecule has 22 heavy (non-hydrogen) atoms. The van der Waals surface area contributed by atoms with Gasteiger partial charge in [0.2, 0.25) is 0 Å². The van der Waals surface area contributed by atoms with Gasteiger partial charge in [-0.3, -0.25) is 10.1 Å². The highest BCUT2D eigenvalue weighted by Gasteiger charge is 2.24. The van der Waals surface area contributed by atoms with Gasteiger partial charge in [-0.15, -0.1) is 22.7 Å². The number of hydrogen-bond donors (Lipinski definition) is 1. The van der Waals surface area contributed by atoms with Gasteiger partial charge in [0.15, 0.2) is 5.13 Å². The first-order valence-electron chi connectivity index (χ1n) is 8.10. The van der Waals surface area contributed by atoms with Crippen LogP contribution >= 0.6 is 22.7 Å². The summed E-state index contributed by atoms with van der Waals surface area (Å²) in [4.78, 5) is 20.0. The van der Waals surface area contributed by atoms with Gasteiger partial charge >= 0.3 is 0 Å². The minimum atomic E-state index is 0.0261. The van der Waals surface area contributed by atoms with Crippen molar-refractivity contribution in [1.29, 1.82) is 0 Å². The van der Waals surface area contributed by atoms with Crippen LogP contribution in [0.2, 0.25) is 0 Å². The average Bonchev–Trinajstić information content (AvgIpc) is 3.09. The highest BCUT2D eigenvalue weighted by Crippen LogP contribution is 2.34. The monoisotopic (exact) mass is 332 g/mol. The van der Waals surface area contributed by atoms with E-state index >= 15 is 0 Å². The Kier molecular flexibility index (Phi) is 3.78. The number of nitrogens with zero attached hydrogens (tertiary/aromatic N) is 1. The average molecular weight is 332 g/mol. The molecule has 0 saturated carbocycles. The number of aromatic nitrogens is 1. The second kappa shape index (κ2) is 5.78. The van der Waals surface area contributed by atoms with E-state index in [4.69, 9.17) is 0 Å². The number of hydrogen-bond acceptors (Lipinski definition) is 4. The molecule has 0 saturated heterocycles. The first-order chi connectivity index (χ1) is 10.7. The summed E-state index contributed by atoms with van der Waals surface area (Å²) in [6.45, 7) is 2.29. The lowest BCUT2D eigenvalue weighted by atomic mass is 9.88. The largest absolute Gasteiger partial charge is 0.298 e. The van der Waals surface area contributed by atoms with Gasteiger partial charge in [-0.05, 0) is 56.4 Å². The quantitative estimate of drug-likeness (QED) is 0.882. The number of carbonyl (C=O) groups is 1. The molecule has 1 N–H and O–H groups in total. The van der Waals surface area contributed by atoms with E-state index in [1.165, 1.54) is 40.3 Å². The number of aryl methyl sites for hydroxylation is 2. The molecule has 0 spiro atoms. The summed E-state index contributed by atoms with van der Waals surface area (Å²) in [7, 11) is 0. The molecule has 4 rings (SSSR count). The Morgan fingerprint density at radius 3 is 3.00 bits per heavy atom. The van der Waals surface area contributed by atoms with Crippen molar-refractivity contribution in [2.45, 2.75) is 51.9 Å². The first-order valence-corrected chi connectivity index (χ1v) is 9.79. The zero-order valence-corrected chi connectivity index (χ0v) is 14.4. The summed E-state index contributed by atoms with van der Waals surface area (Å²) >= 11 is 3.40. The van der Waals surface area contributed by atoms with Crippen LogP contribution in [0.3, 0.4) is 0 Å².